The first-order valence-electron chi connectivity index (χ1n) is 8.24. The number of amides is 1. The van der Waals surface area contributed by atoms with Gasteiger partial charge in [-0.05, 0) is 40.3 Å². The fourth-order valence-electron chi connectivity index (χ4n) is 2.31. The number of hydrogen-bond donors (Lipinski definition) is 2. The van der Waals surface area contributed by atoms with Crippen LogP contribution in [-0.4, -0.2) is 14.3 Å². The molecule has 0 spiro atoms. The zero-order valence-corrected chi connectivity index (χ0v) is 16.0. The average molecular weight is 372 g/mol. The summed E-state index contributed by atoms with van der Waals surface area (Å²) in [6.45, 7) is 6.76. The lowest BCUT2D eigenvalue weighted by Crippen LogP contribution is -2.20. The summed E-state index contributed by atoms with van der Waals surface area (Å²) < 4.78 is 22.4. The van der Waals surface area contributed by atoms with Crippen molar-refractivity contribution in [3.63, 3.8) is 0 Å². The third kappa shape index (κ3) is 5.82. The minimum absolute atomic E-state index is 0.0474. The van der Waals surface area contributed by atoms with Crippen molar-refractivity contribution in [2.45, 2.75) is 37.6 Å². The SMILES string of the molecule is CC(C)(C)c1ccc(C=CC(=O)NCc2ccc(S(N)(=O)=O)cc2)cc1. The molecule has 1 amide bonds. The van der Waals surface area contributed by atoms with Gasteiger partial charge in [-0.25, -0.2) is 13.6 Å². The molecule has 138 valence electrons. The molecule has 26 heavy (non-hydrogen) atoms. The summed E-state index contributed by atoms with van der Waals surface area (Å²) in [7, 11) is -3.70. The highest BCUT2D eigenvalue weighted by atomic mass is 32.2. The van der Waals surface area contributed by atoms with Gasteiger partial charge in [0.1, 0.15) is 0 Å². The van der Waals surface area contributed by atoms with E-state index in [0.29, 0.717) is 6.54 Å². The molecule has 0 saturated carbocycles. The zero-order chi connectivity index (χ0) is 19.4. The maximum atomic E-state index is 11.9. The summed E-state index contributed by atoms with van der Waals surface area (Å²) in [4.78, 5) is 12.0. The molecule has 0 aliphatic carbocycles. The molecule has 2 aromatic carbocycles. The van der Waals surface area contributed by atoms with Crippen LogP contribution in [0.4, 0.5) is 0 Å². The van der Waals surface area contributed by atoms with Crippen molar-refractivity contribution in [1.82, 2.24) is 5.32 Å². The Morgan fingerprint density at radius 1 is 1.04 bits per heavy atom. The fourth-order valence-corrected chi connectivity index (χ4v) is 2.83. The second-order valence-corrected chi connectivity index (χ2v) is 8.67. The molecule has 6 heteroatoms. The van der Waals surface area contributed by atoms with Gasteiger partial charge in [0, 0.05) is 12.6 Å². The molecule has 2 rings (SSSR count). The van der Waals surface area contributed by atoms with Crippen molar-refractivity contribution >= 4 is 22.0 Å². The van der Waals surface area contributed by atoms with E-state index in [2.05, 4.69) is 38.2 Å². The van der Waals surface area contributed by atoms with Crippen LogP contribution >= 0.6 is 0 Å². The van der Waals surface area contributed by atoms with Gasteiger partial charge in [-0.3, -0.25) is 4.79 Å². The lowest BCUT2D eigenvalue weighted by molar-refractivity contribution is -0.116. The minimum atomic E-state index is -3.70. The summed E-state index contributed by atoms with van der Waals surface area (Å²) in [6.07, 6.45) is 3.23. The largest absolute Gasteiger partial charge is 0.348 e. The second-order valence-electron chi connectivity index (χ2n) is 7.11. The lowest BCUT2D eigenvalue weighted by atomic mass is 9.87. The molecule has 0 bridgehead atoms. The zero-order valence-electron chi connectivity index (χ0n) is 15.2. The molecule has 0 aliphatic rings. The number of sulfonamides is 1. The molecule has 0 radical (unpaired) electrons. The summed E-state index contributed by atoms with van der Waals surface area (Å²) in [6, 6.07) is 14.2. The van der Waals surface area contributed by atoms with Crippen LogP contribution in [0.3, 0.4) is 0 Å². The number of carbonyl (C=O) groups excluding carboxylic acids is 1. The Morgan fingerprint density at radius 3 is 2.12 bits per heavy atom. The Bertz CT molecular complexity index is 892. The van der Waals surface area contributed by atoms with Crippen molar-refractivity contribution in [3.05, 3.63) is 71.3 Å². The fraction of sp³-hybridized carbons (Fsp3) is 0.250. The normalized spacial score (nSPS) is 12.3. The summed E-state index contributed by atoms with van der Waals surface area (Å²) in [5.41, 5.74) is 3.07. The number of carbonyl (C=O) groups is 1. The molecule has 0 fully saturated rings. The van der Waals surface area contributed by atoms with Crippen molar-refractivity contribution < 1.29 is 13.2 Å². The maximum absolute atomic E-state index is 11.9. The van der Waals surface area contributed by atoms with Gasteiger partial charge in [0.15, 0.2) is 0 Å². The van der Waals surface area contributed by atoms with E-state index in [0.717, 1.165) is 11.1 Å². The summed E-state index contributed by atoms with van der Waals surface area (Å²) in [5.74, 6) is -0.222. The smallest absolute Gasteiger partial charge is 0.244 e. The Kier molecular flexibility index (Phi) is 6.00. The highest BCUT2D eigenvalue weighted by Gasteiger charge is 2.12. The standard InChI is InChI=1S/C20H24N2O3S/c1-20(2,3)17-9-4-15(5-10-17)8-13-19(23)22-14-16-6-11-18(12-7-16)26(21,24)25/h4-13H,14H2,1-3H3,(H,22,23)(H2,21,24,25). The van der Waals surface area contributed by atoms with E-state index in [9.17, 15) is 13.2 Å². The van der Waals surface area contributed by atoms with E-state index in [1.807, 2.05) is 12.1 Å². The highest BCUT2D eigenvalue weighted by Crippen LogP contribution is 2.22. The van der Waals surface area contributed by atoms with Gasteiger partial charge >= 0.3 is 0 Å². The molecule has 2 aromatic rings. The number of hydrogen-bond acceptors (Lipinski definition) is 3. The Labute approximate surface area is 155 Å². The lowest BCUT2D eigenvalue weighted by Gasteiger charge is -2.18. The van der Waals surface area contributed by atoms with Gasteiger partial charge in [0.25, 0.3) is 0 Å². The molecule has 0 aromatic heterocycles. The number of benzene rings is 2. The van der Waals surface area contributed by atoms with Gasteiger partial charge in [0.05, 0.1) is 4.90 Å². The molecule has 0 atom stereocenters. The Balaban J connectivity index is 1.91. The summed E-state index contributed by atoms with van der Waals surface area (Å²) in [5, 5.41) is 7.81. The van der Waals surface area contributed by atoms with Crippen molar-refractivity contribution in [2.75, 3.05) is 0 Å². The number of nitrogens with one attached hydrogen (secondary N) is 1. The van der Waals surface area contributed by atoms with Crippen LogP contribution in [0.5, 0.6) is 0 Å². The van der Waals surface area contributed by atoms with Crippen LogP contribution in [0.2, 0.25) is 0 Å². The topological polar surface area (TPSA) is 89.3 Å². The van der Waals surface area contributed by atoms with Crippen molar-refractivity contribution in [2.24, 2.45) is 5.14 Å². The molecular formula is C20H24N2O3S. The van der Waals surface area contributed by atoms with Crippen LogP contribution in [0.25, 0.3) is 6.08 Å². The van der Waals surface area contributed by atoms with Crippen LogP contribution in [0.1, 0.15) is 37.5 Å². The van der Waals surface area contributed by atoms with Gasteiger partial charge in [-0.2, -0.15) is 0 Å². The van der Waals surface area contributed by atoms with Crippen LogP contribution < -0.4 is 10.5 Å². The molecule has 0 aliphatic heterocycles. The first-order chi connectivity index (χ1) is 12.1. The van der Waals surface area contributed by atoms with Crippen LogP contribution in [0.15, 0.2) is 59.5 Å². The van der Waals surface area contributed by atoms with E-state index < -0.39 is 10.0 Å². The van der Waals surface area contributed by atoms with Crippen LogP contribution in [0, 0.1) is 0 Å². The predicted octanol–water partition coefficient (Wildman–Crippen LogP) is 2.96. The molecule has 0 saturated heterocycles. The summed E-state index contributed by atoms with van der Waals surface area (Å²) >= 11 is 0. The average Bonchev–Trinajstić information content (AvgIpc) is 2.57. The first-order valence-corrected chi connectivity index (χ1v) is 9.78. The molecular weight excluding hydrogens is 348 g/mol. The molecule has 3 N–H and O–H groups in total. The number of rotatable bonds is 5. The van der Waals surface area contributed by atoms with Gasteiger partial charge in [-0.15, -0.1) is 0 Å². The Morgan fingerprint density at radius 2 is 1.62 bits per heavy atom. The van der Waals surface area contributed by atoms with Crippen molar-refractivity contribution in [1.29, 1.82) is 0 Å². The van der Waals surface area contributed by atoms with Gasteiger partial charge in [-0.1, -0.05) is 57.2 Å². The van der Waals surface area contributed by atoms with Gasteiger partial charge in [0.2, 0.25) is 15.9 Å². The van der Waals surface area contributed by atoms with Gasteiger partial charge < -0.3 is 5.32 Å². The number of primary sulfonamides is 1. The first kappa shape index (κ1) is 19.9. The maximum Gasteiger partial charge on any atom is 0.244 e. The third-order valence-corrected chi connectivity index (χ3v) is 4.85. The Hall–Kier alpha value is -2.44. The van der Waals surface area contributed by atoms with E-state index in [1.165, 1.54) is 23.8 Å². The number of nitrogens with two attached hydrogens (primary N) is 1. The predicted molar refractivity (Wildman–Crippen MR) is 104 cm³/mol. The molecule has 0 unspecified atom stereocenters. The minimum Gasteiger partial charge on any atom is -0.348 e. The van der Waals surface area contributed by atoms with E-state index in [1.54, 1.807) is 18.2 Å². The second kappa shape index (κ2) is 7.85. The van der Waals surface area contributed by atoms with E-state index in [-0.39, 0.29) is 16.2 Å². The monoisotopic (exact) mass is 372 g/mol. The molecule has 5 nitrogen and oxygen atoms in total. The van der Waals surface area contributed by atoms with E-state index in [4.69, 9.17) is 5.14 Å². The third-order valence-electron chi connectivity index (χ3n) is 3.92. The highest BCUT2D eigenvalue weighted by molar-refractivity contribution is 7.89. The molecule has 0 heterocycles. The van der Waals surface area contributed by atoms with Crippen LogP contribution in [-0.2, 0) is 26.8 Å². The van der Waals surface area contributed by atoms with E-state index >= 15 is 0 Å². The quantitative estimate of drug-likeness (QED) is 0.791. The van der Waals surface area contributed by atoms with Crippen molar-refractivity contribution in [3.8, 4) is 0 Å².